The van der Waals surface area contributed by atoms with Gasteiger partial charge in [0.15, 0.2) is 0 Å². The van der Waals surface area contributed by atoms with E-state index in [-0.39, 0.29) is 5.57 Å². The summed E-state index contributed by atoms with van der Waals surface area (Å²) in [6, 6.07) is 15.4. The van der Waals surface area contributed by atoms with Crippen LogP contribution in [0.25, 0.3) is 6.08 Å². The first-order valence-corrected chi connectivity index (χ1v) is 6.78. The molecule has 0 aliphatic carbocycles. The van der Waals surface area contributed by atoms with Crippen LogP contribution in [-0.4, -0.2) is 5.91 Å². The third-order valence-electron chi connectivity index (χ3n) is 2.63. The summed E-state index contributed by atoms with van der Waals surface area (Å²) in [4.78, 5) is 12.1. The van der Waals surface area contributed by atoms with Crippen molar-refractivity contribution in [2.24, 2.45) is 0 Å². The number of hydrogen-bond acceptors (Lipinski definition) is 2. The lowest BCUT2D eigenvalue weighted by atomic mass is 10.1. The van der Waals surface area contributed by atoms with Crippen molar-refractivity contribution in [3.05, 3.63) is 69.7 Å². The summed E-state index contributed by atoms with van der Waals surface area (Å²) in [6.45, 7) is 0. The van der Waals surface area contributed by atoms with Gasteiger partial charge < -0.3 is 5.32 Å². The first kappa shape index (κ1) is 15.1. The molecular formula is C16H10Cl2N2O. The Labute approximate surface area is 132 Å². The predicted octanol–water partition coefficient (Wildman–Crippen LogP) is 4.54. The zero-order chi connectivity index (χ0) is 15.2. The van der Waals surface area contributed by atoms with Crippen LogP contribution in [-0.2, 0) is 4.79 Å². The third kappa shape index (κ3) is 4.35. The maximum atomic E-state index is 12.1. The molecule has 3 nitrogen and oxygen atoms in total. The van der Waals surface area contributed by atoms with E-state index >= 15 is 0 Å². The van der Waals surface area contributed by atoms with Crippen molar-refractivity contribution < 1.29 is 4.79 Å². The Morgan fingerprint density at radius 2 is 1.81 bits per heavy atom. The number of carbonyl (C=O) groups is 1. The van der Waals surface area contributed by atoms with Crippen molar-refractivity contribution in [1.29, 1.82) is 5.26 Å². The number of nitrogens with zero attached hydrogens (tertiary/aromatic N) is 1. The van der Waals surface area contributed by atoms with Gasteiger partial charge in [-0.05, 0) is 42.0 Å². The summed E-state index contributed by atoms with van der Waals surface area (Å²) in [5.74, 6) is -0.491. The van der Waals surface area contributed by atoms with Crippen molar-refractivity contribution in [1.82, 2.24) is 0 Å². The SMILES string of the molecule is N#CC(=Cc1ccc(Cl)cc1)C(=O)Nc1cccc(Cl)c1. The fourth-order valence-corrected chi connectivity index (χ4v) is 1.96. The summed E-state index contributed by atoms with van der Waals surface area (Å²) in [5.41, 5.74) is 1.25. The Kier molecular flexibility index (Phi) is 4.99. The summed E-state index contributed by atoms with van der Waals surface area (Å²) < 4.78 is 0. The average Bonchev–Trinajstić information content (AvgIpc) is 2.46. The lowest BCUT2D eigenvalue weighted by Crippen LogP contribution is -2.13. The Balaban J connectivity index is 2.19. The van der Waals surface area contributed by atoms with Crippen LogP contribution in [0.4, 0.5) is 5.69 Å². The molecule has 2 aromatic rings. The van der Waals surface area contributed by atoms with Crippen molar-refractivity contribution >= 4 is 40.9 Å². The van der Waals surface area contributed by atoms with Gasteiger partial charge in [-0.1, -0.05) is 41.4 Å². The number of nitrogens with one attached hydrogen (secondary N) is 1. The lowest BCUT2D eigenvalue weighted by molar-refractivity contribution is -0.112. The molecule has 0 saturated carbocycles. The van der Waals surface area contributed by atoms with Crippen molar-refractivity contribution in [3.63, 3.8) is 0 Å². The molecule has 0 heterocycles. The van der Waals surface area contributed by atoms with Crippen molar-refractivity contribution in [2.75, 3.05) is 5.32 Å². The molecule has 0 atom stereocenters. The topological polar surface area (TPSA) is 52.9 Å². The summed E-state index contributed by atoms with van der Waals surface area (Å²) in [7, 11) is 0. The number of carbonyl (C=O) groups excluding carboxylic acids is 1. The number of halogens is 2. The van der Waals surface area contributed by atoms with Crippen LogP contribution in [0.2, 0.25) is 10.0 Å². The van der Waals surface area contributed by atoms with Crippen molar-refractivity contribution in [2.45, 2.75) is 0 Å². The largest absolute Gasteiger partial charge is 0.321 e. The standard InChI is InChI=1S/C16H10Cl2N2O/c17-13-6-4-11(5-7-13)8-12(10-19)16(21)20-15-3-1-2-14(18)9-15/h1-9H,(H,20,21). The molecule has 0 saturated heterocycles. The summed E-state index contributed by atoms with van der Waals surface area (Å²) in [5, 5.41) is 12.8. The number of amides is 1. The Bertz CT molecular complexity index is 731. The fourth-order valence-electron chi connectivity index (χ4n) is 1.64. The van der Waals surface area contributed by atoms with E-state index in [0.717, 1.165) is 5.56 Å². The van der Waals surface area contributed by atoms with Gasteiger partial charge in [0.05, 0.1) is 0 Å². The molecule has 0 aromatic heterocycles. The molecule has 0 aliphatic heterocycles. The monoisotopic (exact) mass is 316 g/mol. The number of rotatable bonds is 3. The smallest absolute Gasteiger partial charge is 0.266 e. The van der Waals surface area contributed by atoms with Crippen LogP contribution in [0, 0.1) is 11.3 Å². The number of nitriles is 1. The zero-order valence-corrected chi connectivity index (χ0v) is 12.3. The minimum atomic E-state index is -0.491. The van der Waals surface area contributed by atoms with Crippen LogP contribution in [0.1, 0.15) is 5.56 Å². The molecule has 0 unspecified atom stereocenters. The van der Waals surface area contributed by atoms with Crippen LogP contribution >= 0.6 is 23.2 Å². The highest BCUT2D eigenvalue weighted by Gasteiger charge is 2.09. The molecule has 1 amide bonds. The van der Waals surface area contributed by atoms with Gasteiger partial charge in [0, 0.05) is 15.7 Å². The average molecular weight is 317 g/mol. The summed E-state index contributed by atoms with van der Waals surface area (Å²) in [6.07, 6.45) is 1.50. The van der Waals surface area contributed by atoms with Crippen LogP contribution in [0.15, 0.2) is 54.1 Å². The van der Waals surface area contributed by atoms with Gasteiger partial charge in [-0.3, -0.25) is 4.79 Å². The fraction of sp³-hybridized carbons (Fsp3) is 0. The molecule has 0 aliphatic rings. The predicted molar refractivity (Wildman–Crippen MR) is 85.1 cm³/mol. The zero-order valence-electron chi connectivity index (χ0n) is 10.8. The van der Waals surface area contributed by atoms with Crippen LogP contribution in [0.5, 0.6) is 0 Å². The Morgan fingerprint density at radius 3 is 2.43 bits per heavy atom. The van der Waals surface area contributed by atoms with E-state index < -0.39 is 5.91 Å². The maximum Gasteiger partial charge on any atom is 0.266 e. The van der Waals surface area contributed by atoms with Gasteiger partial charge in [-0.25, -0.2) is 0 Å². The third-order valence-corrected chi connectivity index (χ3v) is 3.12. The number of anilines is 1. The second kappa shape index (κ2) is 6.94. The van der Waals surface area contributed by atoms with Crippen molar-refractivity contribution in [3.8, 4) is 6.07 Å². The highest BCUT2D eigenvalue weighted by molar-refractivity contribution is 6.31. The van der Waals surface area contributed by atoms with Gasteiger partial charge in [-0.15, -0.1) is 0 Å². The molecule has 2 rings (SSSR count). The molecule has 5 heteroatoms. The van der Waals surface area contributed by atoms with Gasteiger partial charge in [0.1, 0.15) is 11.6 Å². The quantitative estimate of drug-likeness (QED) is 0.667. The molecule has 1 N–H and O–H groups in total. The van der Waals surface area contributed by atoms with E-state index in [1.807, 2.05) is 6.07 Å². The second-order valence-electron chi connectivity index (χ2n) is 4.19. The van der Waals surface area contributed by atoms with E-state index in [1.165, 1.54) is 6.08 Å². The summed E-state index contributed by atoms with van der Waals surface area (Å²) >= 11 is 11.6. The molecular weight excluding hydrogens is 307 g/mol. The van der Waals surface area contributed by atoms with E-state index in [1.54, 1.807) is 48.5 Å². The van der Waals surface area contributed by atoms with Crippen LogP contribution in [0.3, 0.4) is 0 Å². The molecule has 21 heavy (non-hydrogen) atoms. The minimum Gasteiger partial charge on any atom is -0.321 e. The number of benzene rings is 2. The first-order valence-electron chi connectivity index (χ1n) is 6.03. The highest BCUT2D eigenvalue weighted by Crippen LogP contribution is 2.17. The first-order chi connectivity index (χ1) is 10.1. The van der Waals surface area contributed by atoms with Crippen LogP contribution < -0.4 is 5.32 Å². The van der Waals surface area contributed by atoms with E-state index in [2.05, 4.69) is 5.32 Å². The molecule has 0 fully saturated rings. The number of hydrogen-bond donors (Lipinski definition) is 1. The Hall–Kier alpha value is -2.28. The Morgan fingerprint density at radius 1 is 1.10 bits per heavy atom. The van der Waals surface area contributed by atoms with E-state index in [0.29, 0.717) is 15.7 Å². The molecule has 0 bridgehead atoms. The minimum absolute atomic E-state index is 0.00250. The lowest BCUT2D eigenvalue weighted by Gasteiger charge is -2.04. The van der Waals surface area contributed by atoms with Gasteiger partial charge in [0.25, 0.3) is 5.91 Å². The normalized spacial score (nSPS) is 10.8. The van der Waals surface area contributed by atoms with Gasteiger partial charge in [0.2, 0.25) is 0 Å². The molecule has 104 valence electrons. The van der Waals surface area contributed by atoms with E-state index in [4.69, 9.17) is 28.5 Å². The van der Waals surface area contributed by atoms with Gasteiger partial charge >= 0.3 is 0 Å². The highest BCUT2D eigenvalue weighted by atomic mass is 35.5. The molecule has 0 radical (unpaired) electrons. The molecule has 2 aromatic carbocycles. The second-order valence-corrected chi connectivity index (χ2v) is 5.06. The van der Waals surface area contributed by atoms with E-state index in [9.17, 15) is 4.79 Å². The maximum absolute atomic E-state index is 12.1. The van der Waals surface area contributed by atoms with Gasteiger partial charge in [-0.2, -0.15) is 5.26 Å². The molecule has 0 spiro atoms.